The van der Waals surface area contributed by atoms with Crippen LogP contribution in [0.4, 0.5) is 17.6 Å². The van der Waals surface area contributed by atoms with Gasteiger partial charge in [-0.2, -0.15) is 8.42 Å². The van der Waals surface area contributed by atoms with Crippen LogP contribution < -0.4 is 40.4 Å². The van der Waals surface area contributed by atoms with Gasteiger partial charge in [-0.3, -0.25) is 48.3 Å². The van der Waals surface area contributed by atoms with Crippen LogP contribution in [0.25, 0.3) is 0 Å². The van der Waals surface area contributed by atoms with Crippen LogP contribution >= 0.6 is 15.9 Å². The summed E-state index contributed by atoms with van der Waals surface area (Å²) in [6.07, 6.45) is 12.4. The molecule has 0 bridgehead atoms. The van der Waals surface area contributed by atoms with Gasteiger partial charge in [0, 0.05) is 99.8 Å². The predicted octanol–water partition coefficient (Wildman–Crippen LogP) is 14.0. The Morgan fingerprint density at radius 3 is 1.11 bits per heavy atom. The van der Waals surface area contributed by atoms with E-state index in [4.69, 9.17) is 28.2 Å². The quantitative estimate of drug-likeness (QED) is 0.0325. The Kier molecular flexibility index (Phi) is 28.5. The van der Waals surface area contributed by atoms with Gasteiger partial charge < -0.3 is 28.8 Å². The van der Waals surface area contributed by atoms with Crippen LogP contribution in [-0.4, -0.2) is 98.1 Å². The maximum Gasteiger partial charge on any atom is 0.267 e. The summed E-state index contributed by atoms with van der Waals surface area (Å²) < 4.78 is 114. The van der Waals surface area contributed by atoms with Crippen molar-refractivity contribution < 1.29 is 54.2 Å². The minimum absolute atomic E-state index is 0. The molecule has 4 heterocycles. The molecule has 4 aromatic carbocycles. The minimum atomic E-state index is -3.67. The van der Waals surface area contributed by atoms with Crippen LogP contribution in [0.1, 0.15) is 178 Å². The largest absolute Gasteiger partial charge is 0.497 e. The second-order valence-corrected chi connectivity index (χ2v) is 26.7. The van der Waals surface area contributed by atoms with Crippen molar-refractivity contribution in [3.8, 4) is 28.9 Å². The highest BCUT2D eigenvalue weighted by molar-refractivity contribution is 9.09. The van der Waals surface area contributed by atoms with Crippen molar-refractivity contribution >= 4 is 26.0 Å². The summed E-state index contributed by atoms with van der Waals surface area (Å²) in [5, 5.41) is 15.6. The van der Waals surface area contributed by atoms with Gasteiger partial charge in [0.05, 0.1) is 58.9 Å². The van der Waals surface area contributed by atoms with Crippen molar-refractivity contribution in [1.29, 1.82) is 0 Å². The Morgan fingerprint density at radius 2 is 0.849 bits per heavy atom. The van der Waals surface area contributed by atoms with E-state index in [2.05, 4.69) is 66.9 Å². The maximum atomic E-state index is 14.3. The minimum Gasteiger partial charge on any atom is -0.497 e. The molecule has 8 aromatic rings. The van der Waals surface area contributed by atoms with Gasteiger partial charge >= 0.3 is 0 Å². The number of hydrogen-bond donors (Lipinski definition) is 5. The molecule has 0 aliphatic heterocycles. The molecule has 3 aliphatic carbocycles. The number of ether oxygens (including phenoxy) is 5. The molecule has 510 valence electrons. The lowest BCUT2D eigenvalue weighted by atomic mass is 9.93. The van der Waals surface area contributed by atoms with Crippen LogP contribution in [0.3, 0.4) is 0 Å². The molecule has 0 amide bonds. The van der Waals surface area contributed by atoms with Crippen LogP contribution in [0.5, 0.6) is 28.9 Å². The van der Waals surface area contributed by atoms with Gasteiger partial charge in [-0.1, -0.05) is 61.5 Å². The fourth-order valence-corrected chi connectivity index (χ4v) is 10.3. The third-order valence-corrected chi connectivity index (χ3v) is 16.1. The number of halogens is 5. The standard InChI is InChI=1S/C19H25FN2O2.2C16H19FN2O2.C12H13FN2O2.C3H7Br.CH4O3S.CH4/c1-12(2)24-19-17(13(3)22(21-19)15-6-5-7-15)10-14-8-9-16(23-4)11-18(14)20;2*1-10-14(16(20)18-19(10)12-4-3-5-12)8-11-6-7-13(21-2)9-15(11)17;1-7-10(12(16)15-14-7)5-8-3-4-9(17-2)6-11(8)13;1-3(2)4;1-5(2,3)4;/h8-9,11-12,15H,5-7,10H2,1-4H3;2*6-7,9,12H,3-5,8H2,1-2H3,(H,18,20);3-4,6H,5H2,1-2H3,(H2,14,15,16);3H,1-2H3;1H3,(H,2,3,4);1H4. The number of alkyl halides is 1. The molecule has 11 rings (SSSR count). The molecule has 19 nitrogen and oxygen atoms in total. The van der Waals surface area contributed by atoms with E-state index >= 15 is 0 Å². The highest BCUT2D eigenvalue weighted by Gasteiger charge is 2.28. The van der Waals surface area contributed by atoms with Gasteiger partial charge in [-0.25, -0.2) is 17.6 Å². The number of rotatable bonds is 17. The third kappa shape index (κ3) is 21.4. The number of aryl methyl sites for hydroxylation is 1. The number of aromatic nitrogens is 8. The lowest BCUT2D eigenvalue weighted by molar-refractivity contribution is 0.219. The zero-order valence-corrected chi connectivity index (χ0v) is 57.0. The number of aromatic amines is 4. The van der Waals surface area contributed by atoms with Gasteiger partial charge in [0.2, 0.25) is 5.88 Å². The van der Waals surface area contributed by atoms with Gasteiger partial charge in [-0.05, 0) is 146 Å². The van der Waals surface area contributed by atoms with Crippen molar-refractivity contribution in [3.63, 3.8) is 0 Å². The fraction of sp³-hybridized carbons (Fsp3) is 0.471. The summed E-state index contributed by atoms with van der Waals surface area (Å²) in [5.74, 6) is 1.26. The Morgan fingerprint density at radius 1 is 0.538 bits per heavy atom. The van der Waals surface area contributed by atoms with Gasteiger partial charge in [0.25, 0.3) is 26.8 Å². The summed E-state index contributed by atoms with van der Waals surface area (Å²) in [4.78, 5) is 36.3. The average molecular weight is 1380 g/mol. The molecule has 3 saturated carbocycles. The van der Waals surface area contributed by atoms with Crippen molar-refractivity contribution in [1.82, 2.24) is 39.5 Å². The molecule has 0 saturated heterocycles. The number of nitrogens with zero attached hydrogens (tertiary/aromatic N) is 4. The first kappa shape index (κ1) is 75.9. The van der Waals surface area contributed by atoms with Crippen LogP contribution in [0, 0.1) is 51.0 Å². The van der Waals surface area contributed by atoms with Crippen molar-refractivity contribution in [2.24, 2.45) is 0 Å². The molecule has 0 unspecified atom stereocenters. The first-order valence-corrected chi connectivity index (χ1v) is 33.3. The van der Waals surface area contributed by atoms with Crippen molar-refractivity contribution in [2.45, 2.75) is 175 Å². The van der Waals surface area contributed by atoms with Gasteiger partial charge in [0.15, 0.2) is 0 Å². The van der Waals surface area contributed by atoms with Crippen molar-refractivity contribution in [3.05, 3.63) is 194 Å². The van der Waals surface area contributed by atoms with E-state index in [9.17, 15) is 40.4 Å². The summed E-state index contributed by atoms with van der Waals surface area (Å²) in [5.41, 5.74) is 8.12. The van der Waals surface area contributed by atoms with Crippen LogP contribution in [0.2, 0.25) is 0 Å². The number of H-pyrrole nitrogens is 4. The van der Waals surface area contributed by atoms with Gasteiger partial charge in [0.1, 0.15) is 46.3 Å². The fourth-order valence-electron chi connectivity index (χ4n) is 10.3. The van der Waals surface area contributed by atoms with E-state index in [0.29, 0.717) is 116 Å². The highest BCUT2D eigenvalue weighted by atomic mass is 79.9. The topological polar surface area (TPSA) is 243 Å². The number of hydrogen-bond acceptors (Lipinski definition) is 11. The molecule has 3 aliphatic rings. The van der Waals surface area contributed by atoms with E-state index < -0.39 is 10.1 Å². The lowest BCUT2D eigenvalue weighted by Crippen LogP contribution is -2.20. The van der Waals surface area contributed by atoms with E-state index in [1.165, 1.54) is 72.0 Å². The van der Waals surface area contributed by atoms with Crippen LogP contribution in [0.15, 0.2) is 87.2 Å². The second kappa shape index (κ2) is 34.9. The smallest absolute Gasteiger partial charge is 0.267 e. The zero-order valence-electron chi connectivity index (χ0n) is 54.6. The SMILES string of the molecule is C.CC(C)Br.COc1ccc(Cc2c(C)[nH][nH]c2=O)c(F)c1.COc1ccc(Cc2c(C)n(C3CCC3)[nH]c2=O)c(F)c1.COc1ccc(Cc2c(C)n(C3CCC3)[nH]c2=O)c(F)c1.COc1ccc(Cc2c(OC(C)C)nn(C3CCC3)c2C)c(F)c1.CS(=O)(=O)O. The molecule has 0 radical (unpaired) electrons. The molecule has 0 atom stereocenters. The average Bonchev–Trinajstić information content (AvgIpc) is 1.67. The predicted molar refractivity (Wildman–Crippen MR) is 358 cm³/mol. The molecule has 4 aromatic heterocycles. The Hall–Kier alpha value is -7.77. The molecular formula is C68H91BrF4N8O11S. The molecular weight excluding hydrogens is 1290 g/mol. The summed E-state index contributed by atoms with van der Waals surface area (Å²) in [6, 6.07) is 20.3. The highest BCUT2D eigenvalue weighted by Crippen LogP contribution is 2.37. The second-order valence-electron chi connectivity index (χ2n) is 23.5. The molecule has 0 spiro atoms. The maximum absolute atomic E-state index is 14.3. The monoisotopic (exact) mass is 1380 g/mol. The third-order valence-electron chi connectivity index (χ3n) is 16.1. The van der Waals surface area contributed by atoms with E-state index in [-0.39, 0.29) is 59.9 Å². The molecule has 25 heteroatoms. The van der Waals surface area contributed by atoms with E-state index in [1.54, 1.807) is 55.5 Å². The molecule has 5 N–H and O–H groups in total. The van der Waals surface area contributed by atoms with Crippen LogP contribution in [-0.2, 0) is 35.8 Å². The van der Waals surface area contributed by atoms with Crippen molar-refractivity contribution in [2.75, 3.05) is 34.7 Å². The van der Waals surface area contributed by atoms with E-state index in [0.717, 1.165) is 66.9 Å². The normalized spacial score (nSPS) is 13.5. The Bertz CT molecular complexity index is 3890. The number of benzene rings is 4. The van der Waals surface area contributed by atoms with E-state index in [1.807, 2.05) is 37.1 Å². The first-order chi connectivity index (χ1) is 43.5. The number of methoxy groups -OCH3 is 4. The Labute approximate surface area is 550 Å². The van der Waals surface area contributed by atoms with Gasteiger partial charge in [-0.15, -0.1) is 5.10 Å². The molecule has 93 heavy (non-hydrogen) atoms. The lowest BCUT2D eigenvalue weighted by Gasteiger charge is -2.27. The first-order valence-electron chi connectivity index (χ1n) is 30.5. The Balaban J connectivity index is 0.000000215. The summed E-state index contributed by atoms with van der Waals surface area (Å²) in [6.45, 7) is 15.8. The molecule has 3 fully saturated rings. The summed E-state index contributed by atoms with van der Waals surface area (Å²) >= 11 is 3.27. The zero-order chi connectivity index (χ0) is 67.7. The number of nitrogens with one attached hydrogen (secondary N) is 4. The summed E-state index contributed by atoms with van der Waals surface area (Å²) in [7, 11) is 2.36.